The third-order valence-electron chi connectivity index (χ3n) is 4.69. The zero-order valence-electron chi connectivity index (χ0n) is 14.6. The van der Waals surface area contributed by atoms with Crippen LogP contribution in [0.2, 0.25) is 0 Å². The van der Waals surface area contributed by atoms with Gasteiger partial charge in [-0.25, -0.2) is 14.3 Å². The van der Waals surface area contributed by atoms with Gasteiger partial charge >= 0.3 is 6.09 Å². The number of carboxylic acid groups (broad SMARTS) is 1. The zero-order chi connectivity index (χ0) is 18.1. The summed E-state index contributed by atoms with van der Waals surface area (Å²) in [5.41, 5.74) is 4.77. The van der Waals surface area contributed by atoms with Crippen LogP contribution in [0.15, 0.2) is 36.5 Å². The van der Waals surface area contributed by atoms with Crippen molar-refractivity contribution in [3.05, 3.63) is 47.7 Å². The molecule has 0 radical (unpaired) electrons. The molecule has 1 aromatic carbocycles. The number of hydrogen-bond acceptors (Lipinski definition) is 4. The van der Waals surface area contributed by atoms with Crippen molar-refractivity contribution < 1.29 is 9.90 Å². The van der Waals surface area contributed by atoms with Crippen molar-refractivity contribution in [2.75, 3.05) is 11.9 Å². The Morgan fingerprint density at radius 1 is 1.23 bits per heavy atom. The van der Waals surface area contributed by atoms with Crippen molar-refractivity contribution in [1.82, 2.24) is 19.5 Å². The molecule has 1 amide bonds. The van der Waals surface area contributed by atoms with Crippen molar-refractivity contribution in [2.45, 2.75) is 32.9 Å². The Hall–Kier alpha value is -3.09. The van der Waals surface area contributed by atoms with E-state index < -0.39 is 6.09 Å². The summed E-state index contributed by atoms with van der Waals surface area (Å²) < 4.78 is 1.83. The number of nitrogens with zero attached hydrogens (tertiary/aromatic N) is 4. The van der Waals surface area contributed by atoms with Gasteiger partial charge in [0.25, 0.3) is 0 Å². The molecule has 0 spiro atoms. The largest absolute Gasteiger partial charge is 0.465 e. The number of hydrogen-bond donors (Lipinski definition) is 2. The fourth-order valence-corrected chi connectivity index (χ4v) is 3.25. The molecule has 134 valence electrons. The molecule has 7 nitrogen and oxygen atoms in total. The molecule has 0 saturated carbocycles. The number of anilines is 1. The quantitative estimate of drug-likeness (QED) is 0.686. The monoisotopic (exact) mass is 351 g/mol. The summed E-state index contributed by atoms with van der Waals surface area (Å²) in [6.07, 6.45) is 3.15. The molecule has 2 aromatic heterocycles. The standard InChI is InChI=1S/C19H21N5O2/c1-2-3-8-20-17-6-7-18-21-10-16(24(18)22-17)13-4-5-14-11-23(19(25)26)12-15(14)9-13/h4-7,9-10H,2-3,8,11-12H2,1H3,(H,20,22)(H,25,26). The molecule has 0 fully saturated rings. The summed E-state index contributed by atoms with van der Waals surface area (Å²) in [4.78, 5) is 17.1. The van der Waals surface area contributed by atoms with Gasteiger partial charge in [-0.2, -0.15) is 0 Å². The van der Waals surface area contributed by atoms with Gasteiger partial charge in [-0.1, -0.05) is 25.5 Å². The molecule has 2 N–H and O–H groups in total. The highest BCUT2D eigenvalue weighted by atomic mass is 16.4. The van der Waals surface area contributed by atoms with Crippen molar-refractivity contribution >= 4 is 17.6 Å². The van der Waals surface area contributed by atoms with Gasteiger partial charge in [-0.05, 0) is 35.7 Å². The van der Waals surface area contributed by atoms with Crippen LogP contribution in [-0.4, -0.2) is 37.2 Å². The van der Waals surface area contributed by atoms with Crippen molar-refractivity contribution in [1.29, 1.82) is 0 Å². The fraction of sp³-hybridized carbons (Fsp3) is 0.316. The Morgan fingerprint density at radius 2 is 2.08 bits per heavy atom. The predicted octanol–water partition coefficient (Wildman–Crippen LogP) is 3.60. The lowest BCUT2D eigenvalue weighted by atomic mass is 10.0. The van der Waals surface area contributed by atoms with E-state index in [0.717, 1.165) is 53.2 Å². The van der Waals surface area contributed by atoms with Gasteiger partial charge in [0.15, 0.2) is 5.65 Å². The Morgan fingerprint density at radius 3 is 2.88 bits per heavy atom. The summed E-state index contributed by atoms with van der Waals surface area (Å²) in [5.74, 6) is 0.823. The highest BCUT2D eigenvalue weighted by Gasteiger charge is 2.23. The van der Waals surface area contributed by atoms with Crippen LogP contribution in [0.1, 0.15) is 30.9 Å². The topological polar surface area (TPSA) is 82.8 Å². The molecular formula is C19H21N5O2. The number of nitrogens with one attached hydrogen (secondary N) is 1. The molecule has 0 aliphatic carbocycles. The Labute approximate surface area is 151 Å². The second kappa shape index (κ2) is 6.67. The average Bonchev–Trinajstić information content (AvgIpc) is 3.25. The lowest BCUT2D eigenvalue weighted by Crippen LogP contribution is -2.22. The minimum Gasteiger partial charge on any atom is -0.465 e. The molecule has 0 bridgehead atoms. The van der Waals surface area contributed by atoms with E-state index >= 15 is 0 Å². The maximum atomic E-state index is 11.2. The first-order chi connectivity index (χ1) is 12.7. The van der Waals surface area contributed by atoms with Crippen LogP contribution in [0.3, 0.4) is 0 Å². The van der Waals surface area contributed by atoms with E-state index in [1.54, 1.807) is 0 Å². The van der Waals surface area contributed by atoms with Crippen LogP contribution in [0, 0.1) is 0 Å². The zero-order valence-corrected chi connectivity index (χ0v) is 14.6. The van der Waals surface area contributed by atoms with Gasteiger partial charge in [0, 0.05) is 25.2 Å². The Bertz CT molecular complexity index is 966. The van der Waals surface area contributed by atoms with Crippen LogP contribution < -0.4 is 5.32 Å². The Balaban J connectivity index is 1.66. The molecule has 7 heteroatoms. The number of carbonyl (C=O) groups is 1. The van der Waals surface area contributed by atoms with Crippen molar-refractivity contribution in [3.8, 4) is 11.3 Å². The minimum absolute atomic E-state index is 0.423. The summed E-state index contributed by atoms with van der Waals surface area (Å²) in [6, 6.07) is 9.93. The fourth-order valence-electron chi connectivity index (χ4n) is 3.25. The first-order valence-corrected chi connectivity index (χ1v) is 8.84. The predicted molar refractivity (Wildman–Crippen MR) is 99.1 cm³/mol. The van der Waals surface area contributed by atoms with E-state index in [1.807, 2.05) is 41.0 Å². The molecular weight excluding hydrogens is 330 g/mol. The third-order valence-corrected chi connectivity index (χ3v) is 4.69. The first-order valence-electron chi connectivity index (χ1n) is 8.84. The number of unbranched alkanes of at least 4 members (excludes halogenated alkanes) is 1. The summed E-state index contributed by atoms with van der Waals surface area (Å²) in [5, 5.41) is 17.2. The van der Waals surface area contributed by atoms with Gasteiger partial charge in [0.1, 0.15) is 5.82 Å². The highest BCUT2D eigenvalue weighted by Crippen LogP contribution is 2.29. The molecule has 3 heterocycles. The Kier molecular flexibility index (Phi) is 4.20. The lowest BCUT2D eigenvalue weighted by molar-refractivity contribution is 0.145. The molecule has 0 unspecified atom stereocenters. The highest BCUT2D eigenvalue weighted by molar-refractivity contribution is 5.69. The molecule has 26 heavy (non-hydrogen) atoms. The van der Waals surface area contributed by atoms with Gasteiger partial charge in [-0.3, -0.25) is 4.90 Å². The molecule has 0 atom stereocenters. The summed E-state index contributed by atoms with van der Waals surface area (Å²) in [7, 11) is 0. The summed E-state index contributed by atoms with van der Waals surface area (Å²) in [6.45, 7) is 3.92. The lowest BCUT2D eigenvalue weighted by Gasteiger charge is -2.08. The van der Waals surface area contributed by atoms with Gasteiger partial charge in [0.05, 0.1) is 11.9 Å². The smallest absolute Gasteiger partial charge is 0.407 e. The number of aromatic nitrogens is 3. The van der Waals surface area contributed by atoms with Gasteiger partial charge in [-0.15, -0.1) is 5.10 Å². The number of rotatable bonds is 5. The maximum absolute atomic E-state index is 11.2. The van der Waals surface area contributed by atoms with E-state index in [4.69, 9.17) is 0 Å². The SMILES string of the molecule is CCCCNc1ccc2ncc(-c3ccc4c(c3)CN(C(=O)O)C4)n2n1. The van der Waals surface area contributed by atoms with Crippen LogP contribution in [0.4, 0.5) is 10.6 Å². The van der Waals surface area contributed by atoms with E-state index in [9.17, 15) is 9.90 Å². The number of amides is 1. The van der Waals surface area contributed by atoms with Crippen molar-refractivity contribution in [2.24, 2.45) is 0 Å². The molecule has 0 saturated heterocycles. The van der Waals surface area contributed by atoms with Crippen LogP contribution >= 0.6 is 0 Å². The third kappa shape index (κ3) is 2.96. The summed E-state index contributed by atoms with van der Waals surface area (Å²) >= 11 is 0. The number of fused-ring (bicyclic) bond motifs is 2. The second-order valence-corrected chi connectivity index (χ2v) is 6.53. The normalized spacial score (nSPS) is 13.2. The van der Waals surface area contributed by atoms with Gasteiger partial charge < -0.3 is 10.4 Å². The molecule has 4 rings (SSSR count). The number of imidazole rings is 1. The van der Waals surface area contributed by atoms with Gasteiger partial charge in [0.2, 0.25) is 0 Å². The molecule has 3 aromatic rings. The number of benzene rings is 1. The maximum Gasteiger partial charge on any atom is 0.407 e. The van der Waals surface area contributed by atoms with E-state index in [-0.39, 0.29) is 0 Å². The van der Waals surface area contributed by atoms with Crippen LogP contribution in [0.5, 0.6) is 0 Å². The van der Waals surface area contributed by atoms with Crippen LogP contribution in [0.25, 0.3) is 16.9 Å². The molecule has 1 aliphatic rings. The molecule has 1 aliphatic heterocycles. The van der Waals surface area contributed by atoms with E-state index in [2.05, 4.69) is 22.3 Å². The van der Waals surface area contributed by atoms with E-state index in [0.29, 0.717) is 13.1 Å². The van der Waals surface area contributed by atoms with Crippen molar-refractivity contribution in [3.63, 3.8) is 0 Å². The first kappa shape index (κ1) is 16.4. The van der Waals surface area contributed by atoms with E-state index in [1.165, 1.54) is 4.90 Å². The average molecular weight is 351 g/mol. The minimum atomic E-state index is -0.887. The second-order valence-electron chi connectivity index (χ2n) is 6.53. The van der Waals surface area contributed by atoms with Crippen LogP contribution in [-0.2, 0) is 13.1 Å².